The Bertz CT molecular complexity index is 4130. The molecule has 0 spiro atoms. The Kier molecular flexibility index (Phi) is 7.54. The fourth-order valence-electron chi connectivity index (χ4n) is 10.9. The van der Waals surface area contributed by atoms with Gasteiger partial charge in [0.25, 0.3) is 0 Å². The largest absolute Gasteiger partial charge is 0.456 e. The van der Waals surface area contributed by atoms with Gasteiger partial charge < -0.3 is 4.42 Å². The second-order valence-corrected chi connectivity index (χ2v) is 17.9. The fraction of sp³-hybridized carbons (Fsp3) is 0. The Balaban J connectivity index is 1.07. The second kappa shape index (κ2) is 13.6. The molecule has 0 bridgehead atoms. The molecule has 1 nitrogen and oxygen atoms in total. The molecule has 2 heteroatoms. The number of fused-ring (bicyclic) bond motifs is 12. The predicted molar refractivity (Wildman–Crippen MR) is 274 cm³/mol. The highest BCUT2D eigenvalue weighted by Crippen LogP contribution is 2.52. The third-order valence-electron chi connectivity index (χ3n) is 13.5. The summed E-state index contributed by atoms with van der Waals surface area (Å²) in [6.07, 6.45) is 0. The average molecular weight is 827 g/mol. The summed E-state index contributed by atoms with van der Waals surface area (Å²) in [6, 6.07) is 82.3. The van der Waals surface area contributed by atoms with Gasteiger partial charge in [0.2, 0.25) is 0 Å². The molecule has 64 heavy (non-hydrogen) atoms. The van der Waals surface area contributed by atoms with Gasteiger partial charge in [0.1, 0.15) is 11.2 Å². The summed E-state index contributed by atoms with van der Waals surface area (Å²) >= 11 is 1.88. The Labute approximate surface area is 372 Å². The van der Waals surface area contributed by atoms with Gasteiger partial charge in [0.05, 0.1) is 0 Å². The van der Waals surface area contributed by atoms with E-state index in [-0.39, 0.29) is 0 Å². The van der Waals surface area contributed by atoms with Gasteiger partial charge in [-0.05, 0) is 130 Å². The van der Waals surface area contributed by atoms with Crippen LogP contribution in [0.2, 0.25) is 0 Å². The molecule has 0 unspecified atom stereocenters. The summed E-state index contributed by atoms with van der Waals surface area (Å²) in [5.74, 6) is 0. The summed E-state index contributed by atoms with van der Waals surface area (Å²) < 4.78 is 9.03. The first-order valence-electron chi connectivity index (χ1n) is 21.8. The Morgan fingerprint density at radius 3 is 1.55 bits per heavy atom. The van der Waals surface area contributed by atoms with Crippen molar-refractivity contribution in [2.24, 2.45) is 0 Å². The van der Waals surface area contributed by atoms with E-state index in [0.29, 0.717) is 0 Å². The van der Waals surface area contributed by atoms with Crippen LogP contribution in [0.5, 0.6) is 0 Å². The molecule has 294 valence electrons. The van der Waals surface area contributed by atoms with Crippen LogP contribution in [0.4, 0.5) is 0 Å². The molecule has 0 saturated heterocycles. The monoisotopic (exact) mass is 826 g/mol. The van der Waals surface area contributed by atoms with Crippen molar-refractivity contribution in [3.05, 3.63) is 218 Å². The first-order chi connectivity index (χ1) is 31.8. The average Bonchev–Trinajstić information content (AvgIpc) is 3.94. The van der Waals surface area contributed by atoms with Crippen molar-refractivity contribution >= 4 is 107 Å². The molecule has 12 aromatic carbocycles. The second-order valence-electron chi connectivity index (χ2n) is 16.8. The SMILES string of the molecule is c1ccc2c(-c3cccc4sc5cccc(-c6c7ccccc7c(-c7ccc8oc9ccc%10ccccc%10c9c8c7)c7ccccc67)c5c34)c3ccccc3c(-c3ccccc3)c2c#1. The quantitative estimate of drug-likeness (QED) is 0.161. The molecule has 0 atom stereocenters. The lowest BCUT2D eigenvalue weighted by molar-refractivity contribution is 0.669. The summed E-state index contributed by atoms with van der Waals surface area (Å²) in [4.78, 5) is 0. The Hall–Kier alpha value is -8.22. The minimum Gasteiger partial charge on any atom is -0.456 e. The number of benzene rings is 11. The van der Waals surface area contributed by atoms with E-state index in [0.717, 1.165) is 21.9 Å². The zero-order valence-electron chi connectivity index (χ0n) is 34.4. The molecule has 0 aliphatic heterocycles. The van der Waals surface area contributed by atoms with Crippen molar-refractivity contribution < 1.29 is 4.42 Å². The summed E-state index contributed by atoms with van der Waals surface area (Å²) in [5, 5.41) is 16.9. The molecule has 14 aromatic rings. The number of thiophene rings is 1. The summed E-state index contributed by atoms with van der Waals surface area (Å²) in [7, 11) is 0. The molecule has 0 aliphatic carbocycles. The van der Waals surface area contributed by atoms with Crippen LogP contribution in [0, 0.1) is 12.1 Å². The third-order valence-corrected chi connectivity index (χ3v) is 14.6. The molecule has 14 rings (SSSR count). The van der Waals surface area contributed by atoms with Gasteiger partial charge in [0.15, 0.2) is 0 Å². The van der Waals surface area contributed by atoms with Gasteiger partial charge in [-0.2, -0.15) is 0 Å². The van der Waals surface area contributed by atoms with E-state index >= 15 is 0 Å². The molecular formula is C62H34OS. The van der Waals surface area contributed by atoms with E-state index in [1.54, 1.807) is 0 Å². The van der Waals surface area contributed by atoms with Crippen LogP contribution in [0.3, 0.4) is 0 Å². The van der Waals surface area contributed by atoms with Crippen LogP contribution in [0.15, 0.2) is 211 Å². The van der Waals surface area contributed by atoms with Gasteiger partial charge in [-0.15, -0.1) is 11.3 Å². The maximum absolute atomic E-state index is 6.48. The Morgan fingerprint density at radius 2 is 0.891 bits per heavy atom. The molecular weight excluding hydrogens is 793 g/mol. The molecule has 0 radical (unpaired) electrons. The van der Waals surface area contributed by atoms with E-state index in [9.17, 15) is 0 Å². The van der Waals surface area contributed by atoms with Gasteiger partial charge in [-0.25, -0.2) is 0 Å². The minimum absolute atomic E-state index is 0.901. The molecule has 0 fully saturated rings. The van der Waals surface area contributed by atoms with Crippen molar-refractivity contribution in [1.29, 1.82) is 0 Å². The van der Waals surface area contributed by atoms with Crippen molar-refractivity contribution in [2.45, 2.75) is 0 Å². The number of furan rings is 1. The lowest BCUT2D eigenvalue weighted by Gasteiger charge is -2.19. The van der Waals surface area contributed by atoms with Crippen LogP contribution in [-0.4, -0.2) is 0 Å². The van der Waals surface area contributed by atoms with Crippen LogP contribution < -0.4 is 0 Å². The maximum atomic E-state index is 6.48. The molecule has 0 saturated carbocycles. The van der Waals surface area contributed by atoms with E-state index in [4.69, 9.17) is 4.42 Å². The van der Waals surface area contributed by atoms with E-state index in [1.807, 2.05) is 17.4 Å². The van der Waals surface area contributed by atoms with Crippen molar-refractivity contribution in [3.8, 4) is 44.5 Å². The van der Waals surface area contributed by atoms with E-state index in [2.05, 4.69) is 212 Å². The zero-order valence-corrected chi connectivity index (χ0v) is 35.3. The van der Waals surface area contributed by atoms with Crippen molar-refractivity contribution in [2.75, 3.05) is 0 Å². The maximum Gasteiger partial charge on any atom is 0.136 e. The smallest absolute Gasteiger partial charge is 0.136 e. The van der Waals surface area contributed by atoms with Crippen molar-refractivity contribution in [3.63, 3.8) is 0 Å². The fourth-order valence-corrected chi connectivity index (χ4v) is 12.1. The molecule has 0 N–H and O–H groups in total. The van der Waals surface area contributed by atoms with Gasteiger partial charge in [-0.1, -0.05) is 176 Å². The number of rotatable bonds is 4. The van der Waals surface area contributed by atoms with Crippen LogP contribution in [0.25, 0.3) is 140 Å². The third kappa shape index (κ3) is 5.02. The lowest BCUT2D eigenvalue weighted by Crippen LogP contribution is -1.92. The predicted octanol–water partition coefficient (Wildman–Crippen LogP) is 18.0. The molecule has 2 aromatic heterocycles. The first kappa shape index (κ1) is 35.4. The minimum atomic E-state index is 0.901. The number of hydrogen-bond acceptors (Lipinski definition) is 2. The van der Waals surface area contributed by atoms with Crippen LogP contribution in [-0.2, 0) is 0 Å². The molecule has 0 amide bonds. The van der Waals surface area contributed by atoms with Crippen LogP contribution >= 0.6 is 11.3 Å². The highest BCUT2D eigenvalue weighted by molar-refractivity contribution is 7.26. The number of hydrogen-bond donors (Lipinski definition) is 0. The van der Waals surface area contributed by atoms with Crippen LogP contribution in [0.1, 0.15) is 0 Å². The first-order valence-corrected chi connectivity index (χ1v) is 22.7. The topological polar surface area (TPSA) is 13.1 Å². The lowest BCUT2D eigenvalue weighted by atomic mass is 9.83. The van der Waals surface area contributed by atoms with E-state index < -0.39 is 0 Å². The van der Waals surface area contributed by atoms with Gasteiger partial charge in [-0.3, -0.25) is 0 Å². The standard InChI is InChI=1S/C62H34OS/c1-2-17-38(18-3-1)56-41-20-6-10-24-45(41)58(46-25-11-7-21-42(46)56)49-28-14-30-54-61(49)62-50(29-15-31-55(62)64-54)59-47-26-12-8-22-43(47)57(44-23-9-13-27-48(44)59)39-33-34-52-51(36-39)60-40-19-5-4-16-37(40)32-35-53(60)63-52/h1-6,8-20,22-36H. The normalized spacial score (nSPS) is 11.9. The van der Waals surface area contributed by atoms with Gasteiger partial charge in [0, 0.05) is 41.9 Å². The molecule has 2 heterocycles. The highest BCUT2D eigenvalue weighted by Gasteiger charge is 2.24. The summed E-state index contributed by atoms with van der Waals surface area (Å²) in [5.41, 5.74) is 11.6. The van der Waals surface area contributed by atoms with E-state index in [1.165, 1.54) is 119 Å². The summed E-state index contributed by atoms with van der Waals surface area (Å²) in [6.45, 7) is 0. The zero-order chi connectivity index (χ0) is 41.9. The highest BCUT2D eigenvalue weighted by atomic mass is 32.1. The molecule has 0 aliphatic rings. The Morgan fingerprint density at radius 1 is 0.344 bits per heavy atom. The van der Waals surface area contributed by atoms with Crippen molar-refractivity contribution in [1.82, 2.24) is 0 Å². The van der Waals surface area contributed by atoms with Gasteiger partial charge >= 0.3 is 0 Å².